The van der Waals surface area contributed by atoms with Crippen molar-refractivity contribution in [3.05, 3.63) is 65.2 Å². The number of aryl methyl sites for hydroxylation is 2. The third-order valence-electron chi connectivity index (χ3n) is 5.04. The molecule has 5 aromatic heterocycles. The van der Waals surface area contributed by atoms with Crippen molar-refractivity contribution in [3.63, 3.8) is 0 Å². The minimum atomic E-state index is 0.485. The van der Waals surface area contributed by atoms with Crippen LogP contribution in [0.5, 0.6) is 5.88 Å². The van der Waals surface area contributed by atoms with E-state index in [1.165, 1.54) is 6.33 Å². The van der Waals surface area contributed by atoms with Crippen LogP contribution >= 0.6 is 11.6 Å². The highest BCUT2D eigenvalue weighted by Crippen LogP contribution is 2.31. The van der Waals surface area contributed by atoms with E-state index < -0.39 is 0 Å². The van der Waals surface area contributed by atoms with Crippen LogP contribution in [0.2, 0.25) is 5.15 Å². The largest absolute Gasteiger partial charge is 0.479 e. The van der Waals surface area contributed by atoms with Crippen LogP contribution in [0, 0.1) is 13.8 Å². The van der Waals surface area contributed by atoms with Gasteiger partial charge in [0.25, 0.3) is 0 Å². The highest BCUT2D eigenvalue weighted by atomic mass is 35.5. The maximum absolute atomic E-state index is 6.15. The van der Waals surface area contributed by atoms with Crippen molar-refractivity contribution in [1.29, 1.82) is 0 Å². The smallest absolute Gasteiger partial charge is 0.241 e. The Bertz CT molecular complexity index is 1390. The van der Waals surface area contributed by atoms with Crippen LogP contribution in [0.3, 0.4) is 0 Å². The van der Waals surface area contributed by atoms with Crippen LogP contribution in [-0.2, 0) is 6.54 Å². The van der Waals surface area contributed by atoms with Gasteiger partial charge in [-0.25, -0.2) is 19.5 Å². The molecule has 8 nitrogen and oxygen atoms in total. The number of hydrogen-bond donors (Lipinski definition) is 0. The summed E-state index contributed by atoms with van der Waals surface area (Å²) < 4.78 is 9.31. The molecule has 0 atom stereocenters. The molecule has 0 saturated carbocycles. The van der Waals surface area contributed by atoms with Crippen LogP contribution in [0.25, 0.3) is 27.8 Å². The Balaban J connectivity index is 1.66. The Morgan fingerprint density at radius 2 is 1.97 bits per heavy atom. The second-order valence-electron chi connectivity index (χ2n) is 7.04. The summed E-state index contributed by atoms with van der Waals surface area (Å²) >= 11 is 6.15. The number of hydrogen-bond acceptors (Lipinski definition) is 6. The molecule has 0 fully saturated rings. The lowest BCUT2D eigenvalue weighted by Crippen LogP contribution is -2.03. The number of halogens is 1. The topological polar surface area (TPSA) is 83.0 Å². The van der Waals surface area contributed by atoms with E-state index in [1.54, 1.807) is 11.6 Å². The van der Waals surface area contributed by atoms with Crippen molar-refractivity contribution in [1.82, 2.24) is 34.1 Å². The zero-order valence-electron chi connectivity index (χ0n) is 16.7. The zero-order valence-corrected chi connectivity index (χ0v) is 17.4. The molecule has 0 N–H and O–H groups in total. The predicted molar refractivity (Wildman–Crippen MR) is 114 cm³/mol. The number of pyridine rings is 2. The molecular formula is C21H18ClN7O. The molecular weight excluding hydrogens is 402 g/mol. The number of rotatable bonds is 4. The van der Waals surface area contributed by atoms with E-state index in [-0.39, 0.29) is 0 Å². The summed E-state index contributed by atoms with van der Waals surface area (Å²) in [4.78, 5) is 17.7. The predicted octanol–water partition coefficient (Wildman–Crippen LogP) is 3.86. The van der Waals surface area contributed by atoms with Crippen molar-refractivity contribution in [2.75, 3.05) is 7.11 Å². The van der Waals surface area contributed by atoms with Crippen molar-refractivity contribution in [2.24, 2.45) is 0 Å². The second-order valence-corrected chi connectivity index (χ2v) is 7.43. The number of methoxy groups -OCH3 is 1. The van der Waals surface area contributed by atoms with Crippen LogP contribution < -0.4 is 4.74 Å². The molecule has 0 radical (unpaired) electrons. The molecule has 0 aliphatic carbocycles. The van der Waals surface area contributed by atoms with E-state index in [4.69, 9.17) is 16.3 Å². The molecule has 5 aromatic rings. The first kappa shape index (κ1) is 18.5. The van der Waals surface area contributed by atoms with Gasteiger partial charge in [-0.1, -0.05) is 11.6 Å². The molecule has 5 rings (SSSR count). The van der Waals surface area contributed by atoms with E-state index in [9.17, 15) is 0 Å². The fourth-order valence-corrected chi connectivity index (χ4v) is 4.02. The highest BCUT2D eigenvalue weighted by molar-refractivity contribution is 6.29. The van der Waals surface area contributed by atoms with Gasteiger partial charge >= 0.3 is 0 Å². The van der Waals surface area contributed by atoms with Gasteiger partial charge in [0.2, 0.25) is 5.88 Å². The third kappa shape index (κ3) is 3.05. The summed E-state index contributed by atoms with van der Waals surface area (Å²) in [6.07, 6.45) is 5.16. The molecule has 0 aliphatic heterocycles. The van der Waals surface area contributed by atoms with E-state index in [0.717, 1.165) is 39.2 Å². The van der Waals surface area contributed by atoms with Crippen molar-refractivity contribution in [3.8, 4) is 17.0 Å². The van der Waals surface area contributed by atoms with Gasteiger partial charge in [-0.05, 0) is 43.7 Å². The maximum atomic E-state index is 6.15. The Labute approximate surface area is 177 Å². The summed E-state index contributed by atoms with van der Waals surface area (Å²) in [6.45, 7) is 4.53. The average molecular weight is 420 g/mol. The van der Waals surface area contributed by atoms with Crippen LogP contribution in [0.1, 0.15) is 17.1 Å². The first-order valence-electron chi connectivity index (χ1n) is 9.36. The van der Waals surface area contributed by atoms with E-state index >= 15 is 0 Å². The quantitative estimate of drug-likeness (QED) is 0.411. The first-order chi connectivity index (χ1) is 14.5. The van der Waals surface area contributed by atoms with Gasteiger partial charge in [0, 0.05) is 35.8 Å². The number of imidazole rings is 1. The molecule has 150 valence electrons. The lowest BCUT2D eigenvalue weighted by molar-refractivity contribution is 0.399. The lowest BCUT2D eigenvalue weighted by atomic mass is 10.1. The van der Waals surface area contributed by atoms with Crippen molar-refractivity contribution >= 4 is 28.3 Å². The Kier molecular flexibility index (Phi) is 4.36. The van der Waals surface area contributed by atoms with Gasteiger partial charge in [-0.2, -0.15) is 10.1 Å². The molecule has 0 aliphatic rings. The van der Waals surface area contributed by atoms with Gasteiger partial charge in [0.1, 0.15) is 22.8 Å². The highest BCUT2D eigenvalue weighted by Gasteiger charge is 2.16. The standard InChI is InChI=1S/C21H18ClN7O/c1-12-6-14(7-18(22)26-12)10-28-13(2)27-20-17(28)8-15(9-23-20)16-4-5-29-19(16)21(30-3)24-11-25-29/h4-9,11H,10H2,1-3H3. The van der Waals surface area contributed by atoms with Crippen LogP contribution in [-0.4, -0.2) is 41.2 Å². The number of ether oxygens (including phenoxy) is 1. The second kappa shape index (κ2) is 7.07. The third-order valence-corrected chi connectivity index (χ3v) is 5.24. The van der Waals surface area contributed by atoms with Gasteiger partial charge in [0.05, 0.1) is 12.6 Å². The summed E-state index contributed by atoms with van der Waals surface area (Å²) in [5.74, 6) is 1.39. The minimum absolute atomic E-state index is 0.485. The van der Waals surface area contributed by atoms with Crippen LogP contribution in [0.15, 0.2) is 43.0 Å². The van der Waals surface area contributed by atoms with E-state index in [1.807, 2.05) is 44.4 Å². The van der Waals surface area contributed by atoms with Crippen molar-refractivity contribution in [2.45, 2.75) is 20.4 Å². The Hall–Kier alpha value is -3.52. The van der Waals surface area contributed by atoms with E-state index in [0.29, 0.717) is 23.2 Å². The molecule has 0 saturated heterocycles. The number of aromatic nitrogens is 7. The Morgan fingerprint density at radius 3 is 2.77 bits per heavy atom. The SMILES string of the molecule is COc1ncnn2ccc(-c3cnc4nc(C)n(Cc5cc(C)nc(Cl)c5)c4c3)c12. The monoisotopic (exact) mass is 419 g/mol. The molecule has 0 unspecified atom stereocenters. The molecule has 30 heavy (non-hydrogen) atoms. The lowest BCUT2D eigenvalue weighted by Gasteiger charge is -2.09. The molecule has 9 heteroatoms. The van der Waals surface area contributed by atoms with Gasteiger partial charge < -0.3 is 9.30 Å². The van der Waals surface area contributed by atoms with Gasteiger partial charge in [-0.3, -0.25) is 0 Å². The molecule has 0 spiro atoms. The van der Waals surface area contributed by atoms with Gasteiger partial charge in [-0.15, -0.1) is 0 Å². The normalized spacial score (nSPS) is 11.5. The molecule has 5 heterocycles. The molecule has 0 aromatic carbocycles. The summed E-state index contributed by atoms with van der Waals surface area (Å²) in [5, 5.41) is 4.75. The number of nitrogens with zero attached hydrogens (tertiary/aromatic N) is 7. The fourth-order valence-electron chi connectivity index (χ4n) is 3.74. The molecule has 0 amide bonds. The first-order valence-corrected chi connectivity index (χ1v) is 9.74. The minimum Gasteiger partial charge on any atom is -0.479 e. The molecule has 0 bridgehead atoms. The fraction of sp³-hybridized carbons (Fsp3) is 0.190. The van der Waals surface area contributed by atoms with Crippen molar-refractivity contribution < 1.29 is 4.74 Å². The zero-order chi connectivity index (χ0) is 20.8. The van der Waals surface area contributed by atoms with Crippen LogP contribution in [0.4, 0.5) is 0 Å². The van der Waals surface area contributed by atoms with Gasteiger partial charge in [0.15, 0.2) is 5.65 Å². The average Bonchev–Trinajstić information content (AvgIpc) is 3.28. The van der Waals surface area contributed by atoms with E-state index in [2.05, 4.69) is 35.7 Å². The summed E-state index contributed by atoms with van der Waals surface area (Å²) in [7, 11) is 1.60. The summed E-state index contributed by atoms with van der Waals surface area (Å²) in [6, 6.07) is 7.97. The summed E-state index contributed by atoms with van der Waals surface area (Å²) in [5.41, 5.74) is 6.24. The maximum Gasteiger partial charge on any atom is 0.241 e. The number of fused-ring (bicyclic) bond motifs is 2. The Morgan fingerprint density at radius 1 is 1.10 bits per heavy atom.